The SMILES string of the molecule is CNCC1(C)CN(C2CCS(=O)(=O)C2)C(=O)O1. The Morgan fingerprint density at radius 1 is 1.59 bits per heavy atom. The molecule has 2 aliphatic heterocycles. The van der Waals surface area contributed by atoms with Crippen LogP contribution in [-0.2, 0) is 14.6 Å². The maximum absolute atomic E-state index is 11.7. The minimum absolute atomic E-state index is 0.0672. The second kappa shape index (κ2) is 4.13. The van der Waals surface area contributed by atoms with Crippen molar-refractivity contribution in [2.75, 3.05) is 31.6 Å². The number of nitrogens with one attached hydrogen (secondary N) is 1. The number of rotatable bonds is 3. The van der Waals surface area contributed by atoms with Gasteiger partial charge in [0.2, 0.25) is 0 Å². The molecule has 2 fully saturated rings. The predicted molar refractivity (Wildman–Crippen MR) is 62.6 cm³/mol. The molecule has 6 nitrogen and oxygen atoms in total. The first-order valence-electron chi connectivity index (χ1n) is 5.70. The van der Waals surface area contributed by atoms with Crippen molar-refractivity contribution in [2.24, 2.45) is 0 Å². The van der Waals surface area contributed by atoms with Crippen LogP contribution in [-0.4, -0.2) is 62.7 Å². The first kappa shape index (κ1) is 12.6. The Labute approximate surface area is 101 Å². The van der Waals surface area contributed by atoms with E-state index in [0.717, 1.165) is 0 Å². The van der Waals surface area contributed by atoms with Crippen molar-refractivity contribution < 1.29 is 17.9 Å². The van der Waals surface area contributed by atoms with E-state index >= 15 is 0 Å². The third kappa shape index (κ3) is 2.55. The summed E-state index contributed by atoms with van der Waals surface area (Å²) in [4.78, 5) is 13.3. The third-order valence-electron chi connectivity index (χ3n) is 3.27. The summed E-state index contributed by atoms with van der Waals surface area (Å²) in [7, 11) is -1.18. The van der Waals surface area contributed by atoms with E-state index in [-0.39, 0.29) is 17.5 Å². The summed E-state index contributed by atoms with van der Waals surface area (Å²) in [6.07, 6.45) is 0.123. The molecule has 0 aliphatic carbocycles. The van der Waals surface area contributed by atoms with E-state index in [1.165, 1.54) is 0 Å². The van der Waals surface area contributed by atoms with Crippen LogP contribution in [0.1, 0.15) is 13.3 Å². The number of likely N-dealkylation sites (N-methyl/N-ethyl adjacent to an activating group) is 1. The Morgan fingerprint density at radius 3 is 2.82 bits per heavy atom. The largest absolute Gasteiger partial charge is 0.440 e. The van der Waals surface area contributed by atoms with Crippen LogP contribution < -0.4 is 5.32 Å². The molecule has 0 aromatic heterocycles. The summed E-state index contributed by atoms with van der Waals surface area (Å²) >= 11 is 0. The molecule has 2 saturated heterocycles. The topological polar surface area (TPSA) is 75.7 Å². The van der Waals surface area contributed by atoms with E-state index in [1.807, 2.05) is 6.92 Å². The van der Waals surface area contributed by atoms with Crippen molar-refractivity contribution in [1.29, 1.82) is 0 Å². The molecule has 0 aromatic carbocycles. The average Bonchev–Trinajstić information content (AvgIpc) is 2.68. The summed E-state index contributed by atoms with van der Waals surface area (Å²) in [5, 5.41) is 2.98. The zero-order valence-electron chi connectivity index (χ0n) is 10.1. The highest BCUT2D eigenvalue weighted by Gasteiger charge is 2.46. The third-order valence-corrected chi connectivity index (χ3v) is 5.02. The highest BCUT2D eigenvalue weighted by molar-refractivity contribution is 7.91. The highest BCUT2D eigenvalue weighted by atomic mass is 32.2. The van der Waals surface area contributed by atoms with Crippen molar-refractivity contribution in [1.82, 2.24) is 10.2 Å². The fourth-order valence-corrected chi connectivity index (χ4v) is 4.22. The van der Waals surface area contributed by atoms with Gasteiger partial charge < -0.3 is 15.0 Å². The van der Waals surface area contributed by atoms with Crippen LogP contribution in [0, 0.1) is 0 Å². The number of amides is 1. The monoisotopic (exact) mass is 262 g/mol. The molecule has 17 heavy (non-hydrogen) atoms. The molecule has 0 bridgehead atoms. The number of hydrogen-bond acceptors (Lipinski definition) is 5. The molecule has 2 heterocycles. The summed E-state index contributed by atoms with van der Waals surface area (Å²) in [5.74, 6) is 0.238. The summed E-state index contributed by atoms with van der Waals surface area (Å²) < 4.78 is 28.1. The highest BCUT2D eigenvalue weighted by Crippen LogP contribution is 2.28. The normalized spacial score (nSPS) is 36.2. The molecular weight excluding hydrogens is 244 g/mol. The molecule has 2 aliphatic rings. The molecule has 0 radical (unpaired) electrons. The molecule has 0 spiro atoms. The maximum Gasteiger partial charge on any atom is 0.410 e. The number of ether oxygens (including phenoxy) is 1. The molecule has 1 N–H and O–H groups in total. The fourth-order valence-electron chi connectivity index (χ4n) is 2.49. The number of hydrogen-bond donors (Lipinski definition) is 1. The zero-order valence-corrected chi connectivity index (χ0v) is 10.9. The van der Waals surface area contributed by atoms with Crippen molar-refractivity contribution in [2.45, 2.75) is 25.0 Å². The molecule has 1 amide bonds. The minimum Gasteiger partial charge on any atom is -0.440 e. The van der Waals surface area contributed by atoms with Crippen LogP contribution in [0.25, 0.3) is 0 Å². The van der Waals surface area contributed by atoms with Gasteiger partial charge in [0, 0.05) is 6.54 Å². The van der Waals surface area contributed by atoms with E-state index in [0.29, 0.717) is 19.5 Å². The van der Waals surface area contributed by atoms with Gasteiger partial charge in [-0.2, -0.15) is 0 Å². The van der Waals surface area contributed by atoms with Crippen molar-refractivity contribution in [3.05, 3.63) is 0 Å². The van der Waals surface area contributed by atoms with E-state index in [2.05, 4.69) is 5.32 Å². The standard InChI is InChI=1S/C10H18N2O4S/c1-10(6-11-2)7-12(9(13)16-10)8-3-4-17(14,15)5-8/h8,11H,3-7H2,1-2H3. The maximum atomic E-state index is 11.7. The van der Waals surface area contributed by atoms with Gasteiger partial charge in [0.25, 0.3) is 0 Å². The first-order valence-corrected chi connectivity index (χ1v) is 7.52. The van der Waals surface area contributed by atoms with E-state index < -0.39 is 21.5 Å². The molecule has 2 unspecified atom stereocenters. The minimum atomic E-state index is -2.97. The number of carbonyl (C=O) groups excluding carboxylic acids is 1. The van der Waals surface area contributed by atoms with Crippen molar-refractivity contribution in [3.63, 3.8) is 0 Å². The summed E-state index contributed by atoms with van der Waals surface area (Å²) in [6, 6.07) is -0.216. The van der Waals surface area contributed by atoms with E-state index in [9.17, 15) is 13.2 Å². The second-order valence-electron chi connectivity index (χ2n) is 5.03. The number of cyclic esters (lactones) is 1. The molecule has 2 rings (SSSR count). The van der Waals surface area contributed by atoms with Gasteiger partial charge in [0.1, 0.15) is 5.60 Å². The lowest BCUT2D eigenvalue weighted by molar-refractivity contribution is 0.0728. The molecule has 0 saturated carbocycles. The zero-order chi connectivity index (χ0) is 12.7. The van der Waals surface area contributed by atoms with Gasteiger partial charge in [0.05, 0.1) is 24.1 Å². The van der Waals surface area contributed by atoms with Crippen molar-refractivity contribution >= 4 is 15.9 Å². The predicted octanol–water partition coefficient (Wildman–Crippen LogP) is -0.396. The van der Waals surface area contributed by atoms with Gasteiger partial charge in [-0.1, -0.05) is 0 Å². The van der Waals surface area contributed by atoms with Gasteiger partial charge in [-0.05, 0) is 20.4 Å². The smallest absolute Gasteiger partial charge is 0.410 e. The summed E-state index contributed by atoms with van der Waals surface area (Å²) in [5.41, 5.74) is -0.557. The number of carbonyl (C=O) groups is 1. The van der Waals surface area contributed by atoms with Gasteiger partial charge >= 0.3 is 6.09 Å². The van der Waals surface area contributed by atoms with Crippen LogP contribution >= 0.6 is 0 Å². The van der Waals surface area contributed by atoms with Gasteiger partial charge in [0.15, 0.2) is 9.84 Å². The van der Waals surface area contributed by atoms with Crippen LogP contribution in [0.5, 0.6) is 0 Å². The second-order valence-corrected chi connectivity index (χ2v) is 7.26. The number of sulfone groups is 1. The molecule has 7 heteroatoms. The molecule has 98 valence electrons. The van der Waals surface area contributed by atoms with Crippen molar-refractivity contribution in [3.8, 4) is 0 Å². The Balaban J connectivity index is 2.07. The lowest BCUT2D eigenvalue weighted by Gasteiger charge is -2.23. The van der Waals surface area contributed by atoms with Gasteiger partial charge in [-0.25, -0.2) is 13.2 Å². The van der Waals surface area contributed by atoms with E-state index in [4.69, 9.17) is 4.74 Å². The number of nitrogens with zero attached hydrogens (tertiary/aromatic N) is 1. The van der Waals surface area contributed by atoms with Crippen LogP contribution in [0.3, 0.4) is 0 Å². The van der Waals surface area contributed by atoms with Gasteiger partial charge in [-0.15, -0.1) is 0 Å². The Hall–Kier alpha value is -0.820. The Bertz CT molecular complexity index is 422. The van der Waals surface area contributed by atoms with Gasteiger partial charge in [-0.3, -0.25) is 0 Å². The van der Waals surface area contributed by atoms with Crippen LogP contribution in [0.15, 0.2) is 0 Å². The molecule has 0 aromatic rings. The van der Waals surface area contributed by atoms with Crippen LogP contribution in [0.4, 0.5) is 4.79 Å². The fraction of sp³-hybridized carbons (Fsp3) is 0.900. The lowest BCUT2D eigenvalue weighted by Crippen LogP contribution is -2.43. The Morgan fingerprint density at radius 2 is 2.29 bits per heavy atom. The Kier molecular flexibility index (Phi) is 3.07. The lowest BCUT2D eigenvalue weighted by atomic mass is 10.1. The average molecular weight is 262 g/mol. The van der Waals surface area contributed by atoms with Crippen LogP contribution in [0.2, 0.25) is 0 Å². The first-order chi connectivity index (χ1) is 7.85. The quantitative estimate of drug-likeness (QED) is 0.749. The van der Waals surface area contributed by atoms with E-state index in [1.54, 1.807) is 11.9 Å². The summed E-state index contributed by atoms with van der Waals surface area (Å²) in [6.45, 7) is 2.87. The molecule has 2 atom stereocenters. The molecular formula is C10H18N2O4S.